The normalized spacial score (nSPS) is 13.2. The zero-order valence-electron chi connectivity index (χ0n) is 12.5. The minimum atomic E-state index is -0.282. The molecular formula is C15H21N3O2. The molecular weight excluding hydrogens is 254 g/mol. The van der Waals surface area contributed by atoms with Crippen molar-refractivity contribution in [1.29, 1.82) is 0 Å². The molecule has 0 saturated heterocycles. The first kappa shape index (κ1) is 14.5. The molecule has 0 aromatic carbocycles. The molecule has 0 saturated carbocycles. The van der Waals surface area contributed by atoms with Crippen LogP contribution in [-0.4, -0.2) is 15.1 Å². The van der Waals surface area contributed by atoms with Gasteiger partial charge in [-0.05, 0) is 30.9 Å². The van der Waals surface area contributed by atoms with Crippen molar-refractivity contribution >= 4 is 0 Å². The smallest absolute Gasteiger partial charge is 0.267 e. The minimum Gasteiger partial charge on any atom is -0.479 e. The number of ether oxygens (including phenoxy) is 1. The minimum absolute atomic E-state index is 0.263. The zero-order valence-corrected chi connectivity index (χ0v) is 12.5. The summed E-state index contributed by atoms with van der Waals surface area (Å²) in [4.78, 5) is 8.39. The Kier molecular flexibility index (Phi) is 4.37. The van der Waals surface area contributed by atoms with E-state index in [-0.39, 0.29) is 11.5 Å². The third kappa shape index (κ3) is 4.33. The molecule has 2 rings (SSSR count). The van der Waals surface area contributed by atoms with E-state index >= 15 is 0 Å². The second-order valence-corrected chi connectivity index (χ2v) is 6.06. The molecule has 0 fully saturated rings. The van der Waals surface area contributed by atoms with Crippen LogP contribution in [0.5, 0.6) is 5.75 Å². The van der Waals surface area contributed by atoms with Crippen LogP contribution in [0.1, 0.15) is 51.9 Å². The molecule has 5 heteroatoms. The van der Waals surface area contributed by atoms with Gasteiger partial charge in [-0.2, -0.15) is 4.98 Å². The van der Waals surface area contributed by atoms with E-state index in [0.717, 1.165) is 18.7 Å². The molecule has 0 bridgehead atoms. The molecule has 2 heterocycles. The van der Waals surface area contributed by atoms with Crippen LogP contribution in [0.25, 0.3) is 0 Å². The van der Waals surface area contributed by atoms with Crippen molar-refractivity contribution in [3.63, 3.8) is 0 Å². The molecule has 0 aliphatic carbocycles. The van der Waals surface area contributed by atoms with Crippen molar-refractivity contribution in [1.82, 2.24) is 15.1 Å². The molecule has 2 aromatic rings. The van der Waals surface area contributed by atoms with Gasteiger partial charge in [0.25, 0.3) is 5.89 Å². The Hall–Kier alpha value is -1.91. The number of hydrogen-bond acceptors (Lipinski definition) is 5. The van der Waals surface area contributed by atoms with Crippen molar-refractivity contribution < 1.29 is 9.26 Å². The van der Waals surface area contributed by atoms with Gasteiger partial charge in [0, 0.05) is 12.6 Å². The van der Waals surface area contributed by atoms with Crippen LogP contribution in [0, 0.1) is 5.41 Å². The highest BCUT2D eigenvalue weighted by molar-refractivity contribution is 5.16. The predicted molar refractivity (Wildman–Crippen MR) is 75.4 cm³/mol. The van der Waals surface area contributed by atoms with Crippen LogP contribution >= 0.6 is 0 Å². The molecule has 0 spiro atoms. The van der Waals surface area contributed by atoms with E-state index in [0.29, 0.717) is 11.6 Å². The highest BCUT2D eigenvalue weighted by Crippen LogP contribution is 2.22. The van der Waals surface area contributed by atoms with Gasteiger partial charge in [0.05, 0.1) is 6.20 Å². The fraction of sp³-hybridized carbons (Fsp3) is 0.533. The van der Waals surface area contributed by atoms with Gasteiger partial charge in [0.15, 0.2) is 11.9 Å². The molecule has 5 nitrogen and oxygen atoms in total. The Bertz CT molecular complexity index is 532. The zero-order chi connectivity index (χ0) is 14.6. The summed E-state index contributed by atoms with van der Waals surface area (Å²) in [5, 5.41) is 4.00. The van der Waals surface area contributed by atoms with Gasteiger partial charge in [-0.3, -0.25) is 4.98 Å². The van der Waals surface area contributed by atoms with E-state index in [1.807, 2.05) is 19.1 Å². The highest BCUT2D eigenvalue weighted by atomic mass is 16.5. The lowest BCUT2D eigenvalue weighted by Gasteiger charge is -2.15. The molecule has 0 aliphatic rings. The fourth-order valence-electron chi connectivity index (χ4n) is 1.69. The van der Waals surface area contributed by atoms with E-state index in [4.69, 9.17) is 9.26 Å². The lowest BCUT2D eigenvalue weighted by Crippen LogP contribution is -2.07. The fourth-order valence-corrected chi connectivity index (χ4v) is 1.69. The van der Waals surface area contributed by atoms with Gasteiger partial charge in [-0.1, -0.05) is 25.9 Å². The summed E-state index contributed by atoms with van der Waals surface area (Å²) in [6, 6.07) is 3.67. The van der Waals surface area contributed by atoms with Crippen LogP contribution in [0.4, 0.5) is 0 Å². The number of rotatable bonds is 5. The van der Waals surface area contributed by atoms with Crippen LogP contribution in [0.3, 0.4) is 0 Å². The molecule has 20 heavy (non-hydrogen) atoms. The third-order valence-corrected chi connectivity index (χ3v) is 2.88. The van der Waals surface area contributed by atoms with E-state index in [1.54, 1.807) is 12.4 Å². The van der Waals surface area contributed by atoms with Crippen LogP contribution in [0.2, 0.25) is 0 Å². The maximum Gasteiger partial charge on any atom is 0.267 e. The summed E-state index contributed by atoms with van der Waals surface area (Å²) in [6.07, 6.45) is 4.91. The molecule has 0 N–H and O–H groups in total. The lowest BCUT2D eigenvalue weighted by molar-refractivity contribution is 0.175. The first-order chi connectivity index (χ1) is 9.44. The summed E-state index contributed by atoms with van der Waals surface area (Å²) < 4.78 is 11.0. The van der Waals surface area contributed by atoms with Gasteiger partial charge in [-0.25, -0.2) is 0 Å². The second-order valence-electron chi connectivity index (χ2n) is 6.06. The standard InChI is InChI=1S/C15H21N3O2/c1-11(19-12-6-5-9-16-10-12)14-17-13(18-20-14)7-8-15(2,3)4/h5-6,9-11H,7-8H2,1-4H3. The van der Waals surface area contributed by atoms with Crippen molar-refractivity contribution in [2.45, 2.75) is 46.6 Å². The van der Waals surface area contributed by atoms with Gasteiger partial charge >= 0.3 is 0 Å². The summed E-state index contributed by atoms with van der Waals surface area (Å²) in [5.74, 6) is 1.92. The summed E-state index contributed by atoms with van der Waals surface area (Å²) >= 11 is 0. The Morgan fingerprint density at radius 1 is 1.35 bits per heavy atom. The largest absolute Gasteiger partial charge is 0.479 e. The second kappa shape index (κ2) is 6.03. The Labute approximate surface area is 119 Å². The van der Waals surface area contributed by atoms with E-state index in [1.165, 1.54) is 0 Å². The van der Waals surface area contributed by atoms with Crippen molar-refractivity contribution in [2.75, 3.05) is 0 Å². The number of hydrogen-bond donors (Lipinski definition) is 0. The van der Waals surface area contributed by atoms with Gasteiger partial charge in [0.2, 0.25) is 0 Å². The first-order valence-corrected chi connectivity index (χ1v) is 6.83. The quantitative estimate of drug-likeness (QED) is 0.834. The summed E-state index contributed by atoms with van der Waals surface area (Å²) in [5.41, 5.74) is 0.263. The van der Waals surface area contributed by atoms with Crippen molar-refractivity contribution in [3.05, 3.63) is 36.2 Å². The van der Waals surface area contributed by atoms with E-state index < -0.39 is 0 Å². The van der Waals surface area contributed by atoms with E-state index in [2.05, 4.69) is 35.9 Å². The SMILES string of the molecule is CC(Oc1cccnc1)c1nc(CCC(C)(C)C)no1. The Balaban J connectivity index is 1.94. The molecule has 2 aromatic heterocycles. The molecule has 0 amide bonds. The lowest BCUT2D eigenvalue weighted by atomic mass is 9.90. The number of aromatic nitrogens is 3. The highest BCUT2D eigenvalue weighted by Gasteiger charge is 2.17. The van der Waals surface area contributed by atoms with Gasteiger partial charge in [0.1, 0.15) is 5.75 Å². The van der Waals surface area contributed by atoms with Crippen molar-refractivity contribution in [3.8, 4) is 5.75 Å². The molecule has 1 atom stereocenters. The molecule has 1 unspecified atom stereocenters. The topological polar surface area (TPSA) is 61.0 Å². The van der Waals surface area contributed by atoms with E-state index in [9.17, 15) is 0 Å². The molecule has 0 aliphatic heterocycles. The Morgan fingerprint density at radius 2 is 2.15 bits per heavy atom. The first-order valence-electron chi connectivity index (χ1n) is 6.83. The van der Waals surface area contributed by atoms with Gasteiger partial charge < -0.3 is 9.26 Å². The summed E-state index contributed by atoms with van der Waals surface area (Å²) in [6.45, 7) is 8.47. The predicted octanol–water partition coefficient (Wildman–Crippen LogP) is 3.58. The molecule has 108 valence electrons. The molecule has 0 radical (unpaired) electrons. The third-order valence-electron chi connectivity index (χ3n) is 2.88. The maximum absolute atomic E-state index is 5.70. The number of aryl methyl sites for hydroxylation is 1. The average molecular weight is 275 g/mol. The monoisotopic (exact) mass is 275 g/mol. The van der Waals surface area contributed by atoms with Crippen LogP contribution in [-0.2, 0) is 6.42 Å². The van der Waals surface area contributed by atoms with Gasteiger partial charge in [-0.15, -0.1) is 0 Å². The average Bonchev–Trinajstić information content (AvgIpc) is 2.86. The maximum atomic E-state index is 5.70. The van der Waals surface area contributed by atoms with Crippen molar-refractivity contribution in [2.24, 2.45) is 5.41 Å². The summed E-state index contributed by atoms with van der Waals surface area (Å²) in [7, 11) is 0. The Morgan fingerprint density at radius 3 is 2.80 bits per heavy atom. The van der Waals surface area contributed by atoms with Crippen LogP contribution < -0.4 is 4.74 Å². The number of nitrogens with zero attached hydrogens (tertiary/aromatic N) is 3. The number of pyridine rings is 1. The van der Waals surface area contributed by atoms with Crippen LogP contribution in [0.15, 0.2) is 29.0 Å².